The Labute approximate surface area is 191 Å². The SMILES string of the molecule is CCCCCCc1ccc(C2=C(CO)CCC2CCCc2ccc(C(=O)OC)s2)cc1. The van der Waals surface area contributed by atoms with Crippen molar-refractivity contribution < 1.29 is 14.6 Å². The van der Waals surface area contributed by atoms with Crippen molar-refractivity contribution in [2.75, 3.05) is 13.7 Å². The van der Waals surface area contributed by atoms with Gasteiger partial charge >= 0.3 is 5.97 Å². The van der Waals surface area contributed by atoms with Crippen molar-refractivity contribution in [1.29, 1.82) is 0 Å². The lowest BCUT2D eigenvalue weighted by Gasteiger charge is -2.17. The predicted octanol–water partition coefficient (Wildman–Crippen LogP) is 6.84. The van der Waals surface area contributed by atoms with E-state index in [4.69, 9.17) is 4.74 Å². The van der Waals surface area contributed by atoms with Crippen molar-refractivity contribution in [3.63, 3.8) is 0 Å². The number of ether oxygens (including phenoxy) is 1. The van der Waals surface area contributed by atoms with Crippen LogP contribution in [0, 0.1) is 5.92 Å². The smallest absolute Gasteiger partial charge is 0.348 e. The molecule has 0 spiro atoms. The largest absolute Gasteiger partial charge is 0.465 e. The molecule has 4 heteroatoms. The van der Waals surface area contributed by atoms with Gasteiger partial charge in [-0.25, -0.2) is 4.79 Å². The van der Waals surface area contributed by atoms with E-state index in [2.05, 4.69) is 31.2 Å². The van der Waals surface area contributed by atoms with Gasteiger partial charge in [-0.2, -0.15) is 0 Å². The highest BCUT2D eigenvalue weighted by Crippen LogP contribution is 2.41. The molecule has 1 aromatic heterocycles. The monoisotopic (exact) mass is 440 g/mol. The zero-order valence-corrected chi connectivity index (χ0v) is 19.8. The number of unbranched alkanes of at least 4 members (excludes halogenated alkanes) is 3. The van der Waals surface area contributed by atoms with Crippen molar-refractivity contribution in [2.24, 2.45) is 5.92 Å². The van der Waals surface area contributed by atoms with Crippen molar-refractivity contribution in [2.45, 2.75) is 71.1 Å². The summed E-state index contributed by atoms with van der Waals surface area (Å²) in [6.07, 6.45) is 11.6. The van der Waals surface area contributed by atoms with E-state index in [0.29, 0.717) is 10.8 Å². The maximum atomic E-state index is 11.6. The molecule has 0 amide bonds. The lowest BCUT2D eigenvalue weighted by Crippen LogP contribution is -2.02. The van der Waals surface area contributed by atoms with Crippen LogP contribution in [0.15, 0.2) is 42.0 Å². The molecule has 1 heterocycles. The van der Waals surface area contributed by atoms with E-state index in [1.807, 2.05) is 12.1 Å². The number of thiophene rings is 1. The molecular formula is C27H36O3S. The molecule has 31 heavy (non-hydrogen) atoms. The third-order valence-corrected chi connectivity index (χ3v) is 7.51. The first kappa shape index (κ1) is 23.7. The van der Waals surface area contributed by atoms with Crippen LogP contribution in [0.3, 0.4) is 0 Å². The zero-order chi connectivity index (χ0) is 22.1. The van der Waals surface area contributed by atoms with Crippen molar-refractivity contribution in [3.05, 3.63) is 62.9 Å². The van der Waals surface area contributed by atoms with Crippen LogP contribution < -0.4 is 0 Å². The topological polar surface area (TPSA) is 46.5 Å². The highest BCUT2D eigenvalue weighted by atomic mass is 32.1. The Hall–Kier alpha value is -1.91. The maximum absolute atomic E-state index is 11.6. The average Bonchev–Trinajstić information content (AvgIpc) is 3.44. The molecule has 1 aromatic carbocycles. The van der Waals surface area contributed by atoms with E-state index in [9.17, 15) is 9.90 Å². The maximum Gasteiger partial charge on any atom is 0.348 e. The van der Waals surface area contributed by atoms with E-state index in [0.717, 1.165) is 38.5 Å². The highest BCUT2D eigenvalue weighted by molar-refractivity contribution is 7.13. The van der Waals surface area contributed by atoms with E-state index < -0.39 is 0 Å². The number of allylic oxidation sites excluding steroid dienone is 1. The summed E-state index contributed by atoms with van der Waals surface area (Å²) in [6, 6.07) is 13.0. The lowest BCUT2D eigenvalue weighted by molar-refractivity contribution is 0.0606. The minimum Gasteiger partial charge on any atom is -0.465 e. The summed E-state index contributed by atoms with van der Waals surface area (Å²) in [4.78, 5) is 13.6. The van der Waals surface area contributed by atoms with Gasteiger partial charge in [0.1, 0.15) is 4.88 Å². The molecule has 168 valence electrons. The molecule has 0 fully saturated rings. The molecule has 1 atom stereocenters. The summed E-state index contributed by atoms with van der Waals surface area (Å²) < 4.78 is 4.81. The van der Waals surface area contributed by atoms with Gasteiger partial charge in [0.2, 0.25) is 0 Å². The van der Waals surface area contributed by atoms with Gasteiger partial charge in [0, 0.05) is 4.88 Å². The van der Waals surface area contributed by atoms with Crippen LogP contribution in [0.4, 0.5) is 0 Å². The van der Waals surface area contributed by atoms with E-state index in [-0.39, 0.29) is 12.6 Å². The summed E-state index contributed by atoms with van der Waals surface area (Å²) in [6.45, 7) is 2.41. The van der Waals surface area contributed by atoms with Crippen LogP contribution in [0.5, 0.6) is 0 Å². The van der Waals surface area contributed by atoms with Gasteiger partial charge in [-0.1, -0.05) is 50.5 Å². The standard InChI is InChI=1S/C27H36O3S/c1-3-4-5-6-8-20-11-13-22(14-12-20)26-21(15-16-23(26)19-28)9-7-10-24-17-18-25(31-24)27(29)30-2/h11-14,17-18,21,28H,3-10,15-16,19H2,1-2H3. The summed E-state index contributed by atoms with van der Waals surface area (Å²) in [5.74, 6) is 0.260. The van der Waals surface area contributed by atoms with Crippen LogP contribution in [0.1, 0.15) is 84.0 Å². The summed E-state index contributed by atoms with van der Waals surface area (Å²) in [5, 5.41) is 9.92. The van der Waals surface area contributed by atoms with Gasteiger partial charge in [-0.15, -0.1) is 11.3 Å². The predicted molar refractivity (Wildman–Crippen MR) is 130 cm³/mol. The number of carbonyl (C=O) groups is 1. The number of aliphatic hydroxyl groups excluding tert-OH is 1. The van der Waals surface area contributed by atoms with Crippen molar-refractivity contribution in [1.82, 2.24) is 0 Å². The zero-order valence-electron chi connectivity index (χ0n) is 19.0. The van der Waals surface area contributed by atoms with E-state index >= 15 is 0 Å². The summed E-state index contributed by atoms with van der Waals surface area (Å²) >= 11 is 1.53. The van der Waals surface area contributed by atoms with E-state index in [1.54, 1.807) is 0 Å². The van der Waals surface area contributed by atoms with E-state index in [1.165, 1.54) is 71.3 Å². The first-order chi connectivity index (χ1) is 15.2. The van der Waals surface area contributed by atoms with Crippen LogP contribution in [0.25, 0.3) is 5.57 Å². The molecule has 1 aliphatic carbocycles. The van der Waals surface area contributed by atoms with Crippen LogP contribution in [-0.2, 0) is 17.6 Å². The number of aryl methyl sites for hydroxylation is 2. The molecule has 1 aliphatic rings. The third-order valence-electron chi connectivity index (χ3n) is 6.38. The number of esters is 1. The Morgan fingerprint density at radius 2 is 1.87 bits per heavy atom. The summed E-state index contributed by atoms with van der Waals surface area (Å²) in [5.41, 5.74) is 5.29. The first-order valence-corrected chi connectivity index (χ1v) is 12.6. The Kier molecular flexibility index (Phi) is 9.35. The number of hydrogen-bond donors (Lipinski definition) is 1. The molecule has 0 saturated heterocycles. The number of methoxy groups -OCH3 is 1. The first-order valence-electron chi connectivity index (χ1n) is 11.7. The van der Waals surface area contributed by atoms with Gasteiger partial charge < -0.3 is 9.84 Å². The number of hydrogen-bond acceptors (Lipinski definition) is 4. The Balaban J connectivity index is 1.58. The number of carbonyl (C=O) groups excluding carboxylic acids is 1. The molecule has 0 radical (unpaired) electrons. The Morgan fingerprint density at radius 3 is 2.58 bits per heavy atom. The second-order valence-corrected chi connectivity index (χ2v) is 9.74. The molecule has 1 N–H and O–H groups in total. The minimum absolute atomic E-state index is 0.165. The fourth-order valence-corrected chi connectivity index (χ4v) is 5.63. The molecule has 0 bridgehead atoms. The second-order valence-electron chi connectivity index (χ2n) is 8.57. The van der Waals surface area contributed by atoms with Gasteiger partial charge in [0.15, 0.2) is 0 Å². The second kappa shape index (κ2) is 12.2. The quantitative estimate of drug-likeness (QED) is 0.290. The van der Waals surface area contributed by atoms with Crippen LogP contribution >= 0.6 is 11.3 Å². The van der Waals surface area contributed by atoms with Crippen molar-refractivity contribution in [3.8, 4) is 0 Å². The van der Waals surface area contributed by atoms with Gasteiger partial charge in [-0.3, -0.25) is 0 Å². The molecule has 3 nitrogen and oxygen atoms in total. The normalized spacial score (nSPS) is 16.2. The number of rotatable bonds is 12. The number of aliphatic hydroxyl groups is 1. The highest BCUT2D eigenvalue weighted by Gasteiger charge is 2.26. The molecule has 0 saturated carbocycles. The minimum atomic E-state index is -0.251. The molecule has 2 aromatic rings. The van der Waals surface area contributed by atoms with Gasteiger partial charge in [0.05, 0.1) is 13.7 Å². The molecule has 3 rings (SSSR count). The number of benzene rings is 1. The van der Waals surface area contributed by atoms with Gasteiger partial charge in [0.25, 0.3) is 0 Å². The average molecular weight is 441 g/mol. The van der Waals surface area contributed by atoms with Crippen LogP contribution in [-0.4, -0.2) is 24.8 Å². The fourth-order valence-electron chi connectivity index (χ4n) is 4.66. The van der Waals surface area contributed by atoms with Gasteiger partial charge in [-0.05, 0) is 85.3 Å². The lowest BCUT2D eigenvalue weighted by atomic mass is 9.89. The fraction of sp³-hybridized carbons (Fsp3) is 0.519. The molecule has 0 aliphatic heterocycles. The molecule has 1 unspecified atom stereocenters. The Bertz CT molecular complexity index is 863. The Morgan fingerprint density at radius 1 is 1.06 bits per heavy atom. The third kappa shape index (κ3) is 6.54. The van der Waals surface area contributed by atoms with Crippen LogP contribution in [0.2, 0.25) is 0 Å². The summed E-state index contributed by atoms with van der Waals surface area (Å²) in [7, 11) is 1.42. The molecular weight excluding hydrogens is 404 g/mol. The van der Waals surface area contributed by atoms with Crippen molar-refractivity contribution >= 4 is 22.9 Å².